The maximum Gasteiger partial charge on any atom is 0.315 e. The van der Waals surface area contributed by atoms with Gasteiger partial charge in [-0.3, -0.25) is 4.72 Å². The molecule has 0 saturated carbocycles. The number of para-hydroxylation sites is 2. The average Bonchev–Trinajstić information content (AvgIpc) is 2.92. The smallest absolute Gasteiger partial charge is 0.315 e. The Kier molecular flexibility index (Phi) is 6.01. The molecule has 0 radical (unpaired) electrons. The predicted molar refractivity (Wildman–Crippen MR) is 124 cm³/mol. The van der Waals surface area contributed by atoms with Crippen LogP contribution in [-0.4, -0.2) is 30.7 Å². The fourth-order valence-electron chi connectivity index (χ4n) is 3.11. The van der Waals surface area contributed by atoms with Gasteiger partial charge in [-0.2, -0.15) is 4.98 Å². The highest BCUT2D eigenvalue weighted by atomic mass is 35.5. The number of benzene rings is 2. The molecular formula is C20H20ClN7O3S. The minimum absolute atomic E-state index is 0.210. The maximum absolute atomic E-state index is 11.6. The van der Waals surface area contributed by atoms with Crippen LogP contribution in [0.2, 0.25) is 5.02 Å². The number of hydrogen-bond acceptors (Lipinski definition) is 7. The minimum Gasteiger partial charge on any atom is -0.337 e. The molecule has 32 heavy (non-hydrogen) atoms. The minimum atomic E-state index is -3.46. The van der Waals surface area contributed by atoms with Gasteiger partial charge in [0.1, 0.15) is 5.02 Å². The number of sulfonamides is 1. The Balaban J connectivity index is 1.56. The largest absolute Gasteiger partial charge is 0.337 e. The molecule has 0 unspecified atom stereocenters. The molecular weight excluding hydrogens is 454 g/mol. The topological polar surface area (TPSA) is 137 Å². The Labute approximate surface area is 189 Å². The number of halogens is 1. The number of amides is 2. The molecule has 4 rings (SSSR count). The molecule has 1 aliphatic heterocycles. The number of anilines is 5. The van der Waals surface area contributed by atoms with Crippen LogP contribution in [0.3, 0.4) is 0 Å². The molecule has 1 aromatic heterocycles. The number of fused-ring (bicyclic) bond motifs is 1. The summed E-state index contributed by atoms with van der Waals surface area (Å²) in [5, 5.41) is 12.0. The van der Waals surface area contributed by atoms with E-state index in [2.05, 4.69) is 36.0 Å². The van der Waals surface area contributed by atoms with E-state index < -0.39 is 10.0 Å². The van der Waals surface area contributed by atoms with Crippen LogP contribution in [0.15, 0.2) is 48.7 Å². The predicted octanol–water partition coefficient (Wildman–Crippen LogP) is 3.30. The van der Waals surface area contributed by atoms with Crippen molar-refractivity contribution in [2.24, 2.45) is 0 Å². The van der Waals surface area contributed by atoms with Crippen molar-refractivity contribution in [3.05, 3.63) is 64.8 Å². The zero-order valence-electron chi connectivity index (χ0n) is 16.9. The Morgan fingerprint density at radius 3 is 2.47 bits per heavy atom. The molecule has 1 aliphatic rings. The van der Waals surface area contributed by atoms with Gasteiger partial charge in [-0.25, -0.2) is 18.2 Å². The first-order valence-corrected chi connectivity index (χ1v) is 11.8. The molecule has 2 aromatic carbocycles. The second kappa shape index (κ2) is 8.89. The lowest BCUT2D eigenvalue weighted by Crippen LogP contribution is -2.31. The highest BCUT2D eigenvalue weighted by molar-refractivity contribution is 7.92. The zero-order chi connectivity index (χ0) is 22.7. The average molecular weight is 474 g/mol. The van der Waals surface area contributed by atoms with E-state index in [1.165, 1.54) is 6.20 Å². The number of nitrogens with zero attached hydrogens (tertiary/aromatic N) is 2. The van der Waals surface area contributed by atoms with Crippen LogP contribution in [0.5, 0.6) is 0 Å². The van der Waals surface area contributed by atoms with Crippen molar-refractivity contribution in [1.82, 2.24) is 20.6 Å². The highest BCUT2D eigenvalue weighted by Gasteiger charge is 2.14. The normalized spacial score (nSPS) is 13.2. The van der Waals surface area contributed by atoms with E-state index in [-0.39, 0.29) is 11.1 Å². The van der Waals surface area contributed by atoms with Crippen molar-refractivity contribution in [3.8, 4) is 0 Å². The first-order chi connectivity index (χ1) is 15.3. The lowest BCUT2D eigenvalue weighted by atomic mass is 10.1. The van der Waals surface area contributed by atoms with Crippen molar-refractivity contribution in [3.63, 3.8) is 0 Å². The summed E-state index contributed by atoms with van der Waals surface area (Å²) in [5.74, 6) is 0.597. The fraction of sp³-hybridized carbons (Fsp3) is 0.150. The number of aromatic nitrogens is 2. The zero-order valence-corrected chi connectivity index (χ0v) is 18.5. The summed E-state index contributed by atoms with van der Waals surface area (Å²) in [7, 11) is -3.46. The van der Waals surface area contributed by atoms with Crippen LogP contribution in [0.25, 0.3) is 0 Å². The second-order valence-corrected chi connectivity index (χ2v) is 9.24. The molecule has 10 nitrogen and oxygen atoms in total. The van der Waals surface area contributed by atoms with Crippen LogP contribution in [0, 0.1) is 0 Å². The van der Waals surface area contributed by atoms with E-state index in [4.69, 9.17) is 11.6 Å². The number of carbonyl (C=O) groups is 1. The van der Waals surface area contributed by atoms with Gasteiger partial charge in [0.15, 0.2) is 5.82 Å². The van der Waals surface area contributed by atoms with Crippen LogP contribution >= 0.6 is 11.6 Å². The van der Waals surface area contributed by atoms with Gasteiger partial charge in [0, 0.05) is 18.8 Å². The van der Waals surface area contributed by atoms with Gasteiger partial charge in [0.05, 0.1) is 23.8 Å². The first kappa shape index (κ1) is 21.7. The van der Waals surface area contributed by atoms with E-state index in [1.54, 1.807) is 24.3 Å². The second-order valence-electron chi connectivity index (χ2n) is 7.08. The highest BCUT2D eigenvalue weighted by Crippen LogP contribution is 2.30. The molecule has 2 heterocycles. The van der Waals surface area contributed by atoms with Gasteiger partial charge in [-0.15, -0.1) is 0 Å². The molecule has 0 atom stereocenters. The number of rotatable bonds is 6. The van der Waals surface area contributed by atoms with Crippen molar-refractivity contribution in [2.75, 3.05) is 21.6 Å². The van der Waals surface area contributed by atoms with E-state index in [0.29, 0.717) is 36.2 Å². The summed E-state index contributed by atoms with van der Waals surface area (Å²) >= 11 is 6.26. The number of carbonyl (C=O) groups excluding carboxylic acids is 1. The molecule has 3 aromatic rings. The van der Waals surface area contributed by atoms with Crippen LogP contribution in [0.4, 0.5) is 33.6 Å². The van der Waals surface area contributed by atoms with E-state index in [1.807, 2.05) is 18.2 Å². The molecule has 166 valence electrons. The Hall–Kier alpha value is -3.57. The third kappa shape index (κ3) is 5.37. The SMILES string of the molecule is CS(=O)(=O)Nc1ccccc1Nc1nc(Nc2ccc3c(c2)CNC(=O)NC3)ncc1Cl. The van der Waals surface area contributed by atoms with Crippen LogP contribution < -0.4 is 26.0 Å². The van der Waals surface area contributed by atoms with Gasteiger partial charge < -0.3 is 21.3 Å². The summed E-state index contributed by atoms with van der Waals surface area (Å²) < 4.78 is 25.7. The molecule has 2 amide bonds. The molecule has 12 heteroatoms. The van der Waals surface area contributed by atoms with Gasteiger partial charge in [0.2, 0.25) is 16.0 Å². The summed E-state index contributed by atoms with van der Waals surface area (Å²) in [6.07, 6.45) is 2.52. The fourth-order valence-corrected chi connectivity index (χ4v) is 3.82. The molecule has 0 aliphatic carbocycles. The summed E-state index contributed by atoms with van der Waals surface area (Å²) in [5.41, 5.74) is 3.58. The standard InChI is InChI=1S/C20H20ClN7O3S/c1-32(30,31)28-17-5-3-2-4-16(17)26-18-15(21)11-22-19(27-18)25-14-7-6-12-9-23-20(29)24-10-13(12)8-14/h2-8,11,28H,9-10H2,1H3,(H2,23,24,29)(H2,22,25,26,27). The van der Waals surface area contributed by atoms with E-state index in [0.717, 1.165) is 23.1 Å². The maximum atomic E-state index is 11.6. The lowest BCUT2D eigenvalue weighted by molar-refractivity contribution is 0.241. The molecule has 0 saturated heterocycles. The summed E-state index contributed by atoms with van der Waals surface area (Å²) in [6.45, 7) is 0.864. The molecule has 0 spiro atoms. The Bertz CT molecular complexity index is 1280. The van der Waals surface area contributed by atoms with Crippen molar-refractivity contribution >= 4 is 56.5 Å². The number of urea groups is 1. The van der Waals surface area contributed by atoms with Gasteiger partial charge in [-0.1, -0.05) is 29.8 Å². The molecule has 0 bridgehead atoms. The van der Waals surface area contributed by atoms with Gasteiger partial charge in [0.25, 0.3) is 0 Å². The first-order valence-electron chi connectivity index (χ1n) is 9.54. The number of hydrogen-bond donors (Lipinski definition) is 5. The molecule has 5 N–H and O–H groups in total. The summed E-state index contributed by atoms with van der Waals surface area (Å²) in [4.78, 5) is 20.2. The van der Waals surface area contributed by atoms with Crippen molar-refractivity contribution < 1.29 is 13.2 Å². The van der Waals surface area contributed by atoms with E-state index in [9.17, 15) is 13.2 Å². The van der Waals surface area contributed by atoms with E-state index >= 15 is 0 Å². The van der Waals surface area contributed by atoms with Gasteiger partial charge in [-0.05, 0) is 35.4 Å². The van der Waals surface area contributed by atoms with Crippen molar-refractivity contribution in [1.29, 1.82) is 0 Å². The number of nitrogens with one attached hydrogen (secondary N) is 5. The third-order valence-corrected chi connectivity index (χ3v) is 5.43. The lowest BCUT2D eigenvalue weighted by Gasteiger charge is -2.14. The summed E-state index contributed by atoms with van der Waals surface area (Å²) in [6, 6.07) is 12.3. The quantitative estimate of drug-likeness (QED) is 0.370. The third-order valence-electron chi connectivity index (χ3n) is 4.56. The van der Waals surface area contributed by atoms with Crippen molar-refractivity contribution in [2.45, 2.75) is 13.1 Å². The van der Waals surface area contributed by atoms with Crippen LogP contribution in [-0.2, 0) is 23.1 Å². The van der Waals surface area contributed by atoms with Crippen LogP contribution in [0.1, 0.15) is 11.1 Å². The molecule has 0 fully saturated rings. The Morgan fingerprint density at radius 1 is 1.00 bits per heavy atom. The Morgan fingerprint density at radius 2 is 1.72 bits per heavy atom. The monoisotopic (exact) mass is 473 g/mol. The van der Waals surface area contributed by atoms with Gasteiger partial charge >= 0.3 is 6.03 Å².